The van der Waals surface area contributed by atoms with E-state index in [1.165, 1.54) is 12.1 Å². The van der Waals surface area contributed by atoms with Crippen LogP contribution >= 0.6 is 0 Å². The van der Waals surface area contributed by atoms with Gasteiger partial charge in [-0.1, -0.05) is 6.08 Å². The first kappa shape index (κ1) is 16.0. The van der Waals surface area contributed by atoms with Gasteiger partial charge < -0.3 is 13.9 Å². The Hall–Kier alpha value is -2.04. The average Bonchev–Trinajstić information content (AvgIpc) is 2.36. The topological polar surface area (TPSA) is 65.7 Å². The van der Waals surface area contributed by atoms with Crippen molar-refractivity contribution >= 4 is 5.97 Å². The van der Waals surface area contributed by atoms with Crippen molar-refractivity contribution in [1.82, 2.24) is 0 Å². The minimum Gasteiger partial charge on any atom is -0.493 e. The lowest BCUT2D eigenvalue weighted by atomic mass is 10.2. The standard InChI is InChI=1S/C15H20O5/c1-3-18-14(16)8-6-4-5-7-9-19-13-10-12(2)20-15(17)11-13/h6,8,10-11H,3-5,7,9H2,1-2H3/b8-6+. The van der Waals surface area contributed by atoms with E-state index in [1.54, 1.807) is 26.0 Å². The van der Waals surface area contributed by atoms with Crippen LogP contribution < -0.4 is 10.4 Å². The summed E-state index contributed by atoms with van der Waals surface area (Å²) >= 11 is 0. The van der Waals surface area contributed by atoms with Crippen molar-refractivity contribution < 1.29 is 18.7 Å². The average molecular weight is 280 g/mol. The third kappa shape index (κ3) is 6.78. The highest BCUT2D eigenvalue weighted by atomic mass is 16.5. The molecular formula is C15H20O5. The minimum atomic E-state index is -0.405. The largest absolute Gasteiger partial charge is 0.493 e. The van der Waals surface area contributed by atoms with E-state index in [9.17, 15) is 9.59 Å². The van der Waals surface area contributed by atoms with E-state index in [4.69, 9.17) is 13.9 Å². The van der Waals surface area contributed by atoms with Crippen molar-refractivity contribution in [2.45, 2.75) is 33.1 Å². The Morgan fingerprint density at radius 2 is 2.15 bits per heavy atom. The predicted octanol–water partition coefficient (Wildman–Crippen LogP) is 2.62. The molecule has 0 radical (unpaired) electrons. The van der Waals surface area contributed by atoms with E-state index in [-0.39, 0.29) is 5.97 Å². The number of unbranched alkanes of at least 4 members (excludes halogenated alkanes) is 2. The van der Waals surface area contributed by atoms with E-state index in [0.29, 0.717) is 24.7 Å². The Kier molecular flexibility index (Phi) is 7.17. The van der Waals surface area contributed by atoms with Crippen LogP contribution in [0.4, 0.5) is 0 Å². The van der Waals surface area contributed by atoms with Crippen molar-refractivity contribution in [3.05, 3.63) is 40.5 Å². The molecule has 0 atom stereocenters. The number of esters is 1. The molecule has 0 fully saturated rings. The molecule has 0 aliphatic rings. The Morgan fingerprint density at radius 3 is 2.85 bits per heavy atom. The molecule has 1 aromatic rings. The highest BCUT2D eigenvalue weighted by Crippen LogP contribution is 2.10. The lowest BCUT2D eigenvalue weighted by Gasteiger charge is -2.05. The third-order valence-electron chi connectivity index (χ3n) is 2.44. The first-order valence-corrected chi connectivity index (χ1v) is 6.69. The maximum Gasteiger partial charge on any atom is 0.339 e. The van der Waals surface area contributed by atoms with Crippen LogP contribution in [0, 0.1) is 6.92 Å². The Morgan fingerprint density at radius 1 is 1.35 bits per heavy atom. The summed E-state index contributed by atoms with van der Waals surface area (Å²) in [5.74, 6) is 0.751. The van der Waals surface area contributed by atoms with Crippen LogP contribution in [0.25, 0.3) is 0 Å². The molecular weight excluding hydrogens is 260 g/mol. The number of aryl methyl sites for hydroxylation is 1. The molecule has 0 amide bonds. The molecule has 1 aromatic heterocycles. The van der Waals surface area contributed by atoms with Crippen LogP contribution in [0.3, 0.4) is 0 Å². The summed E-state index contributed by atoms with van der Waals surface area (Å²) in [5.41, 5.74) is -0.405. The summed E-state index contributed by atoms with van der Waals surface area (Å²) in [6.07, 6.45) is 5.76. The highest BCUT2D eigenvalue weighted by molar-refractivity contribution is 5.81. The molecule has 0 bridgehead atoms. The zero-order valence-corrected chi connectivity index (χ0v) is 11.9. The Labute approximate surface area is 118 Å². The van der Waals surface area contributed by atoms with E-state index >= 15 is 0 Å². The molecule has 0 aliphatic heterocycles. The molecule has 1 rings (SSSR count). The summed E-state index contributed by atoms with van der Waals surface area (Å²) in [6.45, 7) is 4.39. The molecule has 20 heavy (non-hydrogen) atoms. The van der Waals surface area contributed by atoms with Gasteiger partial charge in [-0.3, -0.25) is 0 Å². The fraction of sp³-hybridized carbons (Fsp3) is 0.467. The predicted molar refractivity (Wildman–Crippen MR) is 74.8 cm³/mol. The van der Waals surface area contributed by atoms with E-state index in [0.717, 1.165) is 19.3 Å². The van der Waals surface area contributed by atoms with E-state index in [2.05, 4.69) is 0 Å². The van der Waals surface area contributed by atoms with E-state index < -0.39 is 5.63 Å². The number of carbonyl (C=O) groups is 1. The number of allylic oxidation sites excluding steroid dienone is 1. The third-order valence-corrected chi connectivity index (χ3v) is 2.44. The van der Waals surface area contributed by atoms with Gasteiger partial charge in [-0.25, -0.2) is 9.59 Å². The van der Waals surface area contributed by atoms with Crippen LogP contribution in [0.1, 0.15) is 31.9 Å². The molecule has 0 aromatic carbocycles. The molecule has 1 heterocycles. The number of carbonyl (C=O) groups excluding carboxylic acids is 1. The van der Waals surface area contributed by atoms with Crippen LogP contribution in [0.15, 0.2) is 33.5 Å². The molecule has 0 saturated heterocycles. The van der Waals surface area contributed by atoms with Crippen molar-refractivity contribution in [2.24, 2.45) is 0 Å². The first-order valence-electron chi connectivity index (χ1n) is 6.69. The first-order chi connectivity index (χ1) is 9.61. The summed E-state index contributed by atoms with van der Waals surface area (Å²) in [4.78, 5) is 22.1. The number of hydrogen-bond donors (Lipinski definition) is 0. The van der Waals surface area contributed by atoms with Crippen molar-refractivity contribution in [2.75, 3.05) is 13.2 Å². The molecule has 5 heteroatoms. The Balaban J connectivity index is 2.16. The van der Waals surface area contributed by atoms with Gasteiger partial charge in [-0.15, -0.1) is 0 Å². The second-order valence-electron chi connectivity index (χ2n) is 4.22. The zero-order valence-electron chi connectivity index (χ0n) is 11.9. The van der Waals surface area contributed by atoms with Gasteiger partial charge in [-0.05, 0) is 33.1 Å². The minimum absolute atomic E-state index is 0.310. The Bertz CT molecular complexity index is 501. The van der Waals surface area contributed by atoms with Crippen LogP contribution in [0.2, 0.25) is 0 Å². The lowest BCUT2D eigenvalue weighted by Crippen LogP contribution is -2.03. The van der Waals surface area contributed by atoms with E-state index in [1.807, 2.05) is 0 Å². The highest BCUT2D eigenvalue weighted by Gasteiger charge is 1.99. The molecule has 5 nitrogen and oxygen atoms in total. The maximum atomic E-state index is 11.1. The number of ether oxygens (including phenoxy) is 2. The normalized spacial score (nSPS) is 10.7. The maximum absolute atomic E-state index is 11.1. The lowest BCUT2D eigenvalue weighted by molar-refractivity contribution is -0.137. The summed E-state index contributed by atoms with van der Waals surface area (Å²) < 4.78 is 15.1. The molecule has 110 valence electrons. The molecule has 0 aliphatic carbocycles. The smallest absolute Gasteiger partial charge is 0.339 e. The zero-order chi connectivity index (χ0) is 14.8. The summed E-state index contributed by atoms with van der Waals surface area (Å²) in [7, 11) is 0. The second-order valence-corrected chi connectivity index (χ2v) is 4.22. The van der Waals surface area contributed by atoms with Gasteiger partial charge in [0.15, 0.2) is 0 Å². The molecule has 0 saturated carbocycles. The van der Waals surface area contributed by atoms with Gasteiger partial charge in [0.25, 0.3) is 0 Å². The molecule has 0 N–H and O–H groups in total. The number of rotatable bonds is 8. The van der Waals surface area contributed by atoms with Gasteiger partial charge in [-0.2, -0.15) is 0 Å². The van der Waals surface area contributed by atoms with Crippen molar-refractivity contribution in [1.29, 1.82) is 0 Å². The summed E-state index contributed by atoms with van der Waals surface area (Å²) in [6, 6.07) is 3.01. The van der Waals surface area contributed by atoms with Gasteiger partial charge in [0.05, 0.1) is 19.3 Å². The molecule has 0 spiro atoms. The van der Waals surface area contributed by atoms with Gasteiger partial charge >= 0.3 is 11.6 Å². The van der Waals surface area contributed by atoms with Gasteiger partial charge in [0.1, 0.15) is 11.5 Å². The quantitative estimate of drug-likeness (QED) is 0.416. The fourth-order valence-electron chi connectivity index (χ4n) is 1.58. The SMILES string of the molecule is CCOC(=O)/C=C/CCCCOc1cc(C)oc(=O)c1. The van der Waals surface area contributed by atoms with Crippen LogP contribution in [-0.2, 0) is 9.53 Å². The van der Waals surface area contributed by atoms with Crippen molar-refractivity contribution in [3.8, 4) is 5.75 Å². The van der Waals surface area contributed by atoms with Crippen LogP contribution in [-0.4, -0.2) is 19.2 Å². The summed E-state index contributed by atoms with van der Waals surface area (Å²) in [5, 5.41) is 0. The monoisotopic (exact) mass is 280 g/mol. The second kappa shape index (κ2) is 8.96. The fourth-order valence-corrected chi connectivity index (χ4v) is 1.58. The van der Waals surface area contributed by atoms with Gasteiger partial charge in [0.2, 0.25) is 0 Å². The van der Waals surface area contributed by atoms with Crippen LogP contribution in [0.5, 0.6) is 5.75 Å². The van der Waals surface area contributed by atoms with Crippen molar-refractivity contribution in [3.63, 3.8) is 0 Å². The number of hydrogen-bond acceptors (Lipinski definition) is 5. The van der Waals surface area contributed by atoms with Gasteiger partial charge in [0, 0.05) is 12.1 Å². The molecule has 0 unspecified atom stereocenters.